The first-order chi connectivity index (χ1) is 6.72. The average Bonchev–Trinajstić information content (AvgIpc) is 2.20. The van der Waals surface area contributed by atoms with Gasteiger partial charge in [-0.25, -0.2) is 0 Å². The summed E-state index contributed by atoms with van der Waals surface area (Å²) in [5.74, 6) is 0.795. The lowest BCUT2D eigenvalue weighted by molar-refractivity contribution is 0.152. The molecule has 86 valence electrons. The molecule has 14 heavy (non-hydrogen) atoms. The molecule has 0 aromatic rings. The molecular weight excluding hydrogens is 198 g/mol. The van der Waals surface area contributed by atoms with Crippen LogP contribution in [-0.4, -0.2) is 44.1 Å². The van der Waals surface area contributed by atoms with Crippen LogP contribution in [0.4, 0.5) is 0 Å². The molecule has 0 fully saturated rings. The minimum atomic E-state index is 0.617. The number of unbranched alkanes of at least 4 members (excludes halogenated alkanes) is 2. The highest BCUT2D eigenvalue weighted by molar-refractivity contribution is 6.17. The summed E-state index contributed by atoms with van der Waals surface area (Å²) in [7, 11) is 3.94. The summed E-state index contributed by atoms with van der Waals surface area (Å²) in [4.78, 5) is 2.40. The number of ether oxygens (including phenoxy) is 1. The Morgan fingerprint density at radius 3 is 2.57 bits per heavy atom. The maximum Gasteiger partial charge on any atom is 0.0477 e. The Morgan fingerprint density at radius 1 is 1.29 bits per heavy atom. The predicted octanol–water partition coefficient (Wildman–Crippen LogP) is 2.75. The number of hydrogen-bond donors (Lipinski definition) is 0. The monoisotopic (exact) mass is 221 g/mol. The maximum absolute atomic E-state index is 5.62. The molecule has 0 rings (SSSR count). The molecule has 0 spiro atoms. The van der Waals surface area contributed by atoms with Crippen molar-refractivity contribution in [2.24, 2.45) is 0 Å². The third-order valence-electron chi connectivity index (χ3n) is 2.64. The van der Waals surface area contributed by atoms with Crippen molar-refractivity contribution in [2.75, 3.05) is 33.2 Å². The molecule has 0 bridgehead atoms. The van der Waals surface area contributed by atoms with Crippen molar-refractivity contribution in [3.63, 3.8) is 0 Å². The molecule has 0 radical (unpaired) electrons. The van der Waals surface area contributed by atoms with Gasteiger partial charge in [-0.15, -0.1) is 11.6 Å². The number of alkyl halides is 1. The number of hydrogen-bond acceptors (Lipinski definition) is 2. The van der Waals surface area contributed by atoms with Crippen LogP contribution in [0.1, 0.15) is 32.6 Å². The molecule has 0 amide bonds. The van der Waals surface area contributed by atoms with Gasteiger partial charge < -0.3 is 9.64 Å². The van der Waals surface area contributed by atoms with Crippen molar-refractivity contribution in [1.82, 2.24) is 4.90 Å². The summed E-state index contributed by atoms with van der Waals surface area (Å²) in [5, 5.41) is 0. The normalized spacial score (nSPS) is 13.5. The maximum atomic E-state index is 5.62. The summed E-state index contributed by atoms with van der Waals surface area (Å²) >= 11 is 5.62. The summed E-state index contributed by atoms with van der Waals surface area (Å²) in [6.45, 7) is 4.27. The van der Waals surface area contributed by atoms with Gasteiger partial charge in [0.1, 0.15) is 0 Å². The highest BCUT2D eigenvalue weighted by Crippen LogP contribution is 2.04. The fourth-order valence-electron chi connectivity index (χ4n) is 1.36. The Morgan fingerprint density at radius 2 is 2.00 bits per heavy atom. The van der Waals surface area contributed by atoms with Crippen LogP contribution >= 0.6 is 11.6 Å². The zero-order chi connectivity index (χ0) is 10.8. The van der Waals surface area contributed by atoms with Crippen LogP contribution in [0.15, 0.2) is 0 Å². The molecule has 0 saturated carbocycles. The summed E-state index contributed by atoms with van der Waals surface area (Å²) < 4.78 is 5.06. The Kier molecular flexibility index (Phi) is 9.90. The lowest BCUT2D eigenvalue weighted by Crippen LogP contribution is -2.30. The Hall–Kier alpha value is 0.210. The molecule has 1 atom stereocenters. The zero-order valence-corrected chi connectivity index (χ0v) is 10.5. The van der Waals surface area contributed by atoms with Crippen LogP contribution < -0.4 is 0 Å². The van der Waals surface area contributed by atoms with Crippen molar-refractivity contribution in [3.8, 4) is 0 Å². The van der Waals surface area contributed by atoms with Crippen LogP contribution in [0.3, 0.4) is 0 Å². The molecule has 0 aromatic heterocycles. The van der Waals surface area contributed by atoms with E-state index in [2.05, 4.69) is 18.9 Å². The quantitative estimate of drug-likeness (QED) is 0.439. The average molecular weight is 222 g/mol. The number of halogens is 1. The lowest BCUT2D eigenvalue weighted by Gasteiger charge is -2.24. The van der Waals surface area contributed by atoms with Crippen molar-refractivity contribution < 1.29 is 4.74 Å². The van der Waals surface area contributed by atoms with E-state index in [-0.39, 0.29) is 0 Å². The standard InChI is InChI=1S/C11H24ClNO/c1-11(7-10-14-3)13(2)9-6-4-5-8-12/h11H,4-10H2,1-3H3. The molecule has 3 heteroatoms. The second kappa shape index (κ2) is 9.75. The predicted molar refractivity (Wildman–Crippen MR) is 63.2 cm³/mol. The van der Waals surface area contributed by atoms with E-state index in [1.165, 1.54) is 19.4 Å². The Labute approximate surface area is 93.6 Å². The first-order valence-electron chi connectivity index (χ1n) is 5.47. The van der Waals surface area contributed by atoms with Crippen molar-refractivity contribution in [1.29, 1.82) is 0 Å². The van der Waals surface area contributed by atoms with Crippen molar-refractivity contribution in [3.05, 3.63) is 0 Å². The first-order valence-corrected chi connectivity index (χ1v) is 6.01. The third-order valence-corrected chi connectivity index (χ3v) is 2.90. The lowest BCUT2D eigenvalue weighted by atomic mass is 10.2. The molecule has 1 unspecified atom stereocenters. The minimum Gasteiger partial charge on any atom is -0.385 e. The molecule has 0 heterocycles. The van der Waals surface area contributed by atoms with E-state index >= 15 is 0 Å². The van der Waals surface area contributed by atoms with Crippen LogP contribution in [-0.2, 0) is 4.74 Å². The SMILES string of the molecule is COCCC(C)N(C)CCCCCCl. The van der Waals surface area contributed by atoms with Crippen molar-refractivity contribution in [2.45, 2.75) is 38.6 Å². The fraction of sp³-hybridized carbons (Fsp3) is 1.00. The molecule has 0 aliphatic heterocycles. The third kappa shape index (κ3) is 7.60. The van der Waals surface area contributed by atoms with E-state index < -0.39 is 0 Å². The van der Waals surface area contributed by atoms with Crippen LogP contribution in [0, 0.1) is 0 Å². The van der Waals surface area contributed by atoms with Gasteiger partial charge in [0.05, 0.1) is 0 Å². The van der Waals surface area contributed by atoms with Crippen LogP contribution in [0.2, 0.25) is 0 Å². The largest absolute Gasteiger partial charge is 0.385 e. The highest BCUT2D eigenvalue weighted by atomic mass is 35.5. The molecule has 2 nitrogen and oxygen atoms in total. The molecule has 0 aliphatic rings. The van der Waals surface area contributed by atoms with E-state index in [0.717, 1.165) is 25.3 Å². The van der Waals surface area contributed by atoms with Gasteiger partial charge in [-0.3, -0.25) is 0 Å². The molecule has 0 saturated heterocycles. The smallest absolute Gasteiger partial charge is 0.0477 e. The second-order valence-electron chi connectivity index (χ2n) is 3.86. The van der Waals surface area contributed by atoms with Gasteiger partial charge in [0.25, 0.3) is 0 Å². The molecule has 0 aromatic carbocycles. The number of nitrogens with zero attached hydrogens (tertiary/aromatic N) is 1. The fourth-order valence-corrected chi connectivity index (χ4v) is 1.55. The summed E-state index contributed by atoms with van der Waals surface area (Å²) in [6.07, 6.45) is 4.75. The van der Waals surface area contributed by atoms with E-state index in [1.54, 1.807) is 7.11 Å². The van der Waals surface area contributed by atoms with Gasteiger partial charge in [-0.1, -0.05) is 6.42 Å². The zero-order valence-electron chi connectivity index (χ0n) is 9.76. The topological polar surface area (TPSA) is 12.5 Å². The van der Waals surface area contributed by atoms with E-state index in [9.17, 15) is 0 Å². The van der Waals surface area contributed by atoms with Gasteiger partial charge >= 0.3 is 0 Å². The van der Waals surface area contributed by atoms with Crippen molar-refractivity contribution >= 4 is 11.6 Å². The van der Waals surface area contributed by atoms with E-state index in [1.807, 2.05) is 0 Å². The molecular formula is C11H24ClNO. The van der Waals surface area contributed by atoms with E-state index in [4.69, 9.17) is 16.3 Å². The summed E-state index contributed by atoms with van der Waals surface area (Å²) in [6, 6.07) is 0.617. The van der Waals surface area contributed by atoms with Gasteiger partial charge in [0, 0.05) is 25.6 Å². The minimum absolute atomic E-state index is 0.617. The van der Waals surface area contributed by atoms with Gasteiger partial charge in [0.2, 0.25) is 0 Å². The molecule has 0 aliphatic carbocycles. The van der Waals surface area contributed by atoms with Gasteiger partial charge in [0.15, 0.2) is 0 Å². The van der Waals surface area contributed by atoms with Crippen LogP contribution in [0.25, 0.3) is 0 Å². The number of rotatable bonds is 9. The van der Waals surface area contributed by atoms with Gasteiger partial charge in [-0.05, 0) is 39.8 Å². The molecule has 0 N–H and O–H groups in total. The highest BCUT2D eigenvalue weighted by Gasteiger charge is 2.07. The Bertz CT molecular complexity index is 122. The second-order valence-corrected chi connectivity index (χ2v) is 4.24. The first kappa shape index (κ1) is 14.2. The van der Waals surface area contributed by atoms with E-state index in [0.29, 0.717) is 6.04 Å². The number of methoxy groups -OCH3 is 1. The Balaban J connectivity index is 3.36. The van der Waals surface area contributed by atoms with Crippen LogP contribution in [0.5, 0.6) is 0 Å². The summed E-state index contributed by atoms with van der Waals surface area (Å²) in [5.41, 5.74) is 0. The van der Waals surface area contributed by atoms with Gasteiger partial charge in [-0.2, -0.15) is 0 Å².